The van der Waals surface area contributed by atoms with E-state index in [1.807, 2.05) is 72.4 Å². The first-order chi connectivity index (χ1) is 14.0. The van der Waals surface area contributed by atoms with E-state index in [0.29, 0.717) is 11.4 Å². The zero-order valence-electron chi connectivity index (χ0n) is 16.7. The molecule has 0 saturated heterocycles. The largest absolute Gasteiger partial charge is 0.469 e. The van der Waals surface area contributed by atoms with Gasteiger partial charge in [-0.3, -0.25) is 4.79 Å². The standard InChI is InChI=1S/C23H22N4O2/c1-26(2)23(28)18-13-22(25-19-12-8-7-11-17(18)19)29-15-21-24-20(14-27(21)3)16-9-5-4-6-10-16/h4-14H,15H2,1-3H3. The van der Waals surface area contributed by atoms with Crippen LogP contribution in [0.1, 0.15) is 16.2 Å². The van der Waals surface area contributed by atoms with Gasteiger partial charge >= 0.3 is 0 Å². The molecule has 0 N–H and O–H groups in total. The molecule has 0 bridgehead atoms. The number of ether oxygens (including phenoxy) is 1. The van der Waals surface area contributed by atoms with Crippen LogP contribution < -0.4 is 4.74 Å². The van der Waals surface area contributed by atoms with Gasteiger partial charge in [-0.1, -0.05) is 48.5 Å². The van der Waals surface area contributed by atoms with Gasteiger partial charge < -0.3 is 14.2 Å². The fourth-order valence-corrected chi connectivity index (χ4v) is 3.17. The number of benzene rings is 2. The first-order valence-electron chi connectivity index (χ1n) is 9.35. The maximum absolute atomic E-state index is 12.6. The quantitative estimate of drug-likeness (QED) is 0.522. The van der Waals surface area contributed by atoms with Gasteiger partial charge in [0.25, 0.3) is 5.91 Å². The van der Waals surface area contributed by atoms with Gasteiger partial charge in [0.1, 0.15) is 12.4 Å². The average molecular weight is 386 g/mol. The minimum Gasteiger partial charge on any atom is -0.469 e. The Morgan fingerprint density at radius 3 is 2.52 bits per heavy atom. The second-order valence-electron chi connectivity index (χ2n) is 7.03. The molecule has 6 nitrogen and oxygen atoms in total. The molecule has 4 rings (SSSR count). The molecule has 2 aromatic heterocycles. The summed E-state index contributed by atoms with van der Waals surface area (Å²) in [5.74, 6) is 1.09. The third-order valence-electron chi connectivity index (χ3n) is 4.72. The smallest absolute Gasteiger partial charge is 0.254 e. The van der Waals surface area contributed by atoms with E-state index in [1.165, 1.54) is 0 Å². The number of carbonyl (C=O) groups excluding carboxylic acids is 1. The van der Waals surface area contributed by atoms with Gasteiger partial charge in [-0.2, -0.15) is 0 Å². The summed E-state index contributed by atoms with van der Waals surface area (Å²) in [7, 11) is 5.40. The van der Waals surface area contributed by atoms with E-state index in [4.69, 9.17) is 4.74 Å². The molecule has 0 aliphatic carbocycles. The molecule has 2 aromatic carbocycles. The summed E-state index contributed by atoms with van der Waals surface area (Å²) < 4.78 is 7.88. The van der Waals surface area contributed by atoms with Gasteiger partial charge in [0.05, 0.1) is 16.8 Å². The molecule has 4 aromatic rings. The molecule has 146 valence electrons. The number of para-hydroxylation sites is 1. The van der Waals surface area contributed by atoms with Crippen molar-refractivity contribution < 1.29 is 9.53 Å². The average Bonchev–Trinajstić information content (AvgIpc) is 3.12. The molecule has 29 heavy (non-hydrogen) atoms. The van der Waals surface area contributed by atoms with Crippen LogP contribution in [0.3, 0.4) is 0 Å². The summed E-state index contributed by atoms with van der Waals surface area (Å²) >= 11 is 0. The highest BCUT2D eigenvalue weighted by atomic mass is 16.5. The number of aryl methyl sites for hydroxylation is 1. The molecule has 0 aliphatic heterocycles. The molecule has 0 saturated carbocycles. The predicted molar refractivity (Wildman–Crippen MR) is 113 cm³/mol. The lowest BCUT2D eigenvalue weighted by Crippen LogP contribution is -2.22. The van der Waals surface area contributed by atoms with E-state index in [9.17, 15) is 4.79 Å². The summed E-state index contributed by atoms with van der Waals surface area (Å²) in [5.41, 5.74) is 3.24. The lowest BCUT2D eigenvalue weighted by molar-refractivity contribution is 0.0829. The van der Waals surface area contributed by atoms with Crippen molar-refractivity contribution in [1.29, 1.82) is 0 Å². The number of hydrogen-bond donors (Lipinski definition) is 0. The number of fused-ring (bicyclic) bond motifs is 1. The maximum Gasteiger partial charge on any atom is 0.254 e. The van der Waals surface area contributed by atoms with Crippen molar-refractivity contribution in [3.63, 3.8) is 0 Å². The van der Waals surface area contributed by atoms with Crippen molar-refractivity contribution in [2.75, 3.05) is 14.1 Å². The summed E-state index contributed by atoms with van der Waals surface area (Å²) in [6.07, 6.45) is 1.98. The Kier molecular flexibility index (Phi) is 4.99. The maximum atomic E-state index is 12.6. The van der Waals surface area contributed by atoms with Crippen LogP contribution in [-0.2, 0) is 13.7 Å². The van der Waals surface area contributed by atoms with Gasteiger partial charge in [0, 0.05) is 44.4 Å². The van der Waals surface area contributed by atoms with Gasteiger partial charge in [-0.15, -0.1) is 0 Å². The molecule has 1 amide bonds. The van der Waals surface area contributed by atoms with E-state index < -0.39 is 0 Å². The highest BCUT2D eigenvalue weighted by Gasteiger charge is 2.16. The van der Waals surface area contributed by atoms with Crippen molar-refractivity contribution in [3.05, 3.63) is 78.2 Å². The normalized spacial score (nSPS) is 10.9. The summed E-state index contributed by atoms with van der Waals surface area (Å²) in [6.45, 7) is 0.254. The lowest BCUT2D eigenvalue weighted by atomic mass is 10.1. The van der Waals surface area contributed by atoms with Crippen molar-refractivity contribution in [2.24, 2.45) is 7.05 Å². The molecular formula is C23H22N4O2. The molecule has 0 unspecified atom stereocenters. The molecular weight excluding hydrogens is 364 g/mol. The number of pyridine rings is 1. The highest BCUT2D eigenvalue weighted by Crippen LogP contribution is 2.24. The number of carbonyl (C=O) groups is 1. The summed E-state index contributed by atoms with van der Waals surface area (Å²) in [6, 6.07) is 19.3. The van der Waals surface area contributed by atoms with Crippen molar-refractivity contribution in [3.8, 4) is 17.1 Å². The first-order valence-corrected chi connectivity index (χ1v) is 9.35. The van der Waals surface area contributed by atoms with Crippen molar-refractivity contribution >= 4 is 16.8 Å². The van der Waals surface area contributed by atoms with Crippen LogP contribution in [0.15, 0.2) is 66.9 Å². The van der Waals surface area contributed by atoms with E-state index in [-0.39, 0.29) is 12.5 Å². The first kappa shape index (κ1) is 18.7. The topological polar surface area (TPSA) is 60.3 Å². The van der Waals surface area contributed by atoms with Crippen LogP contribution in [0.25, 0.3) is 22.2 Å². The Hall–Kier alpha value is -3.67. The zero-order chi connectivity index (χ0) is 20.4. The summed E-state index contributed by atoms with van der Waals surface area (Å²) in [4.78, 5) is 23.4. The fraction of sp³-hybridized carbons (Fsp3) is 0.174. The number of rotatable bonds is 5. The predicted octanol–water partition coefficient (Wildman–Crippen LogP) is 3.92. The second-order valence-corrected chi connectivity index (χ2v) is 7.03. The molecule has 0 radical (unpaired) electrons. The van der Waals surface area contributed by atoms with Crippen LogP contribution in [0.2, 0.25) is 0 Å². The molecule has 6 heteroatoms. The van der Waals surface area contributed by atoms with Gasteiger partial charge in [0.2, 0.25) is 5.88 Å². The van der Waals surface area contributed by atoms with Crippen LogP contribution in [0.4, 0.5) is 0 Å². The van der Waals surface area contributed by atoms with Crippen molar-refractivity contribution in [2.45, 2.75) is 6.61 Å². The molecule has 2 heterocycles. The van der Waals surface area contributed by atoms with Crippen LogP contribution >= 0.6 is 0 Å². The van der Waals surface area contributed by atoms with Gasteiger partial charge in [-0.05, 0) is 6.07 Å². The lowest BCUT2D eigenvalue weighted by Gasteiger charge is -2.14. The molecule has 0 atom stereocenters. The van der Waals surface area contributed by atoms with Gasteiger partial charge in [-0.25, -0.2) is 9.97 Å². The molecule has 0 spiro atoms. The Bertz CT molecular complexity index is 1170. The number of nitrogens with zero attached hydrogens (tertiary/aromatic N) is 4. The van der Waals surface area contributed by atoms with Crippen LogP contribution in [-0.4, -0.2) is 39.4 Å². The number of amides is 1. The molecule has 0 aliphatic rings. The van der Waals surface area contributed by atoms with Crippen LogP contribution in [0, 0.1) is 0 Å². The Morgan fingerprint density at radius 1 is 1.03 bits per heavy atom. The SMILES string of the molecule is CN(C)C(=O)c1cc(OCc2nc(-c3ccccc3)cn2C)nc2ccccc12. The summed E-state index contributed by atoms with van der Waals surface area (Å²) in [5, 5.41) is 0.807. The monoisotopic (exact) mass is 386 g/mol. The highest BCUT2D eigenvalue weighted by molar-refractivity contribution is 6.06. The minimum atomic E-state index is -0.0863. The van der Waals surface area contributed by atoms with Crippen molar-refractivity contribution in [1.82, 2.24) is 19.4 Å². The number of aromatic nitrogens is 3. The fourth-order valence-electron chi connectivity index (χ4n) is 3.17. The number of hydrogen-bond acceptors (Lipinski definition) is 4. The third kappa shape index (κ3) is 3.82. The van der Waals surface area contributed by atoms with E-state index in [2.05, 4.69) is 9.97 Å². The van der Waals surface area contributed by atoms with E-state index in [1.54, 1.807) is 25.1 Å². The minimum absolute atomic E-state index is 0.0863. The second kappa shape index (κ2) is 7.75. The number of imidazole rings is 1. The Balaban J connectivity index is 1.62. The van der Waals surface area contributed by atoms with Crippen LogP contribution in [0.5, 0.6) is 5.88 Å². The Morgan fingerprint density at radius 2 is 1.76 bits per heavy atom. The zero-order valence-corrected chi connectivity index (χ0v) is 16.7. The molecule has 0 fully saturated rings. The Labute approximate surface area is 169 Å². The third-order valence-corrected chi connectivity index (χ3v) is 4.72. The van der Waals surface area contributed by atoms with E-state index >= 15 is 0 Å². The van der Waals surface area contributed by atoms with Gasteiger partial charge in [0.15, 0.2) is 0 Å². The van der Waals surface area contributed by atoms with E-state index in [0.717, 1.165) is 28.0 Å².